The molecule has 1 aromatic carbocycles. The number of nitrogens with one attached hydrogen (secondary N) is 1. The molecule has 0 aliphatic carbocycles. The van der Waals surface area contributed by atoms with E-state index < -0.39 is 0 Å². The molecule has 0 saturated carbocycles. The van der Waals surface area contributed by atoms with Gasteiger partial charge in [-0.3, -0.25) is 4.79 Å². The fourth-order valence-corrected chi connectivity index (χ4v) is 3.13. The summed E-state index contributed by atoms with van der Waals surface area (Å²) in [6.45, 7) is 3.70. The molecule has 0 fully saturated rings. The number of anilines is 1. The normalized spacial score (nSPS) is 10.8. The molecule has 0 aliphatic rings. The Morgan fingerprint density at radius 1 is 1.33 bits per heavy atom. The van der Waals surface area contributed by atoms with Crippen LogP contribution in [0.25, 0.3) is 5.13 Å². The van der Waals surface area contributed by atoms with Crippen LogP contribution in [-0.2, 0) is 11.2 Å². The topological polar surface area (TPSA) is 59.8 Å². The molecule has 124 valence electrons. The Balaban J connectivity index is 1.70. The Morgan fingerprint density at radius 3 is 2.67 bits per heavy atom. The number of hydrogen-bond acceptors (Lipinski definition) is 4. The first kappa shape index (κ1) is 16.6. The highest BCUT2D eigenvalue weighted by Crippen LogP contribution is 2.24. The van der Waals surface area contributed by atoms with Crippen molar-refractivity contribution in [3.05, 3.63) is 57.6 Å². The molecule has 0 atom stereocenters. The molecule has 3 rings (SSSR count). The number of benzene rings is 1. The predicted molar refractivity (Wildman–Crippen MR) is 92.5 cm³/mol. The van der Waals surface area contributed by atoms with Crippen molar-refractivity contribution in [1.82, 2.24) is 14.8 Å². The first-order chi connectivity index (χ1) is 11.4. The van der Waals surface area contributed by atoms with Crippen molar-refractivity contribution in [2.45, 2.75) is 20.3 Å². The molecule has 2 heterocycles. The maximum absolute atomic E-state index is 12.9. The first-order valence-corrected chi connectivity index (χ1v) is 8.41. The monoisotopic (exact) mass is 364 g/mol. The molecule has 0 unspecified atom stereocenters. The lowest BCUT2D eigenvalue weighted by Crippen LogP contribution is -2.14. The van der Waals surface area contributed by atoms with E-state index in [1.54, 1.807) is 4.68 Å². The minimum atomic E-state index is -0.347. The van der Waals surface area contributed by atoms with Crippen molar-refractivity contribution in [1.29, 1.82) is 0 Å². The molecule has 0 radical (unpaired) electrons. The molecule has 8 heteroatoms. The van der Waals surface area contributed by atoms with E-state index >= 15 is 0 Å². The zero-order valence-electron chi connectivity index (χ0n) is 13.0. The van der Waals surface area contributed by atoms with Crippen LogP contribution in [0.1, 0.15) is 17.1 Å². The van der Waals surface area contributed by atoms with Gasteiger partial charge in [0.15, 0.2) is 0 Å². The van der Waals surface area contributed by atoms with Crippen LogP contribution in [-0.4, -0.2) is 20.7 Å². The zero-order valence-corrected chi connectivity index (χ0v) is 14.6. The minimum absolute atomic E-state index is 0.126. The van der Waals surface area contributed by atoms with Gasteiger partial charge in [-0.1, -0.05) is 11.6 Å². The average Bonchev–Trinajstić information content (AvgIpc) is 3.10. The standard InChI is InChI=1S/C16H14ClFN4OS/c1-9-15(17)10(2)22(21-9)16-20-13(8-24-16)7-14(23)19-12-5-3-11(18)4-6-12/h3-6,8H,7H2,1-2H3,(H,19,23). The molecule has 0 aliphatic heterocycles. The number of hydrogen-bond donors (Lipinski definition) is 1. The second-order valence-corrected chi connectivity index (χ2v) is 6.46. The number of nitrogens with zero attached hydrogens (tertiary/aromatic N) is 3. The van der Waals surface area contributed by atoms with Crippen molar-refractivity contribution in [3.63, 3.8) is 0 Å². The maximum Gasteiger partial charge on any atom is 0.230 e. The number of rotatable bonds is 4. The third-order valence-electron chi connectivity index (χ3n) is 3.39. The molecule has 0 spiro atoms. The molecular weight excluding hydrogens is 351 g/mol. The van der Waals surface area contributed by atoms with Gasteiger partial charge in [-0.25, -0.2) is 14.1 Å². The van der Waals surface area contributed by atoms with Crippen LogP contribution in [0.2, 0.25) is 5.02 Å². The third-order valence-corrected chi connectivity index (χ3v) is 4.81. The third kappa shape index (κ3) is 3.47. The van der Waals surface area contributed by atoms with Crippen LogP contribution < -0.4 is 5.32 Å². The summed E-state index contributed by atoms with van der Waals surface area (Å²) < 4.78 is 14.5. The summed E-state index contributed by atoms with van der Waals surface area (Å²) in [6.07, 6.45) is 0.126. The number of carbonyl (C=O) groups excluding carboxylic acids is 1. The van der Waals surface area contributed by atoms with Gasteiger partial charge in [0.1, 0.15) is 5.82 Å². The van der Waals surface area contributed by atoms with Crippen LogP contribution in [0.4, 0.5) is 10.1 Å². The number of thiazole rings is 1. The van der Waals surface area contributed by atoms with E-state index in [0.717, 1.165) is 11.4 Å². The molecular formula is C16H14ClFN4OS. The number of amides is 1. The Hall–Kier alpha value is -2.25. The van der Waals surface area contributed by atoms with Gasteiger partial charge in [-0.2, -0.15) is 5.10 Å². The van der Waals surface area contributed by atoms with Gasteiger partial charge in [0, 0.05) is 11.1 Å². The Bertz CT molecular complexity index is 888. The van der Waals surface area contributed by atoms with Crippen molar-refractivity contribution in [2.24, 2.45) is 0 Å². The lowest BCUT2D eigenvalue weighted by molar-refractivity contribution is -0.115. The fraction of sp³-hybridized carbons (Fsp3) is 0.188. The average molecular weight is 365 g/mol. The Labute approximate surface area is 147 Å². The molecule has 3 aromatic rings. The molecule has 24 heavy (non-hydrogen) atoms. The largest absolute Gasteiger partial charge is 0.326 e. The van der Waals surface area contributed by atoms with Crippen LogP contribution >= 0.6 is 22.9 Å². The number of halogens is 2. The highest BCUT2D eigenvalue weighted by molar-refractivity contribution is 7.12. The lowest BCUT2D eigenvalue weighted by Gasteiger charge is -2.03. The molecule has 5 nitrogen and oxygen atoms in total. The second-order valence-electron chi connectivity index (χ2n) is 5.25. The number of carbonyl (C=O) groups is 1. The summed E-state index contributed by atoms with van der Waals surface area (Å²) in [4.78, 5) is 16.5. The molecule has 1 amide bonds. The van der Waals surface area contributed by atoms with Crippen LogP contribution in [0.3, 0.4) is 0 Å². The summed E-state index contributed by atoms with van der Waals surface area (Å²) in [5, 5.41) is 10.1. The Kier molecular flexibility index (Phi) is 4.64. The highest BCUT2D eigenvalue weighted by atomic mass is 35.5. The maximum atomic E-state index is 12.9. The smallest absolute Gasteiger partial charge is 0.230 e. The Morgan fingerprint density at radius 2 is 2.04 bits per heavy atom. The number of aromatic nitrogens is 3. The van der Waals surface area contributed by atoms with Crippen molar-refractivity contribution >= 4 is 34.5 Å². The van der Waals surface area contributed by atoms with Gasteiger partial charge >= 0.3 is 0 Å². The second kappa shape index (κ2) is 6.70. The van der Waals surface area contributed by atoms with Gasteiger partial charge in [0.2, 0.25) is 11.0 Å². The van der Waals surface area contributed by atoms with E-state index in [9.17, 15) is 9.18 Å². The summed E-state index contributed by atoms with van der Waals surface area (Å²) in [7, 11) is 0. The lowest BCUT2D eigenvalue weighted by atomic mass is 10.3. The van der Waals surface area contributed by atoms with Gasteiger partial charge in [-0.15, -0.1) is 11.3 Å². The summed E-state index contributed by atoms with van der Waals surface area (Å²) in [6, 6.07) is 5.61. The van der Waals surface area contributed by atoms with Gasteiger partial charge < -0.3 is 5.32 Å². The van der Waals surface area contributed by atoms with Crippen molar-refractivity contribution in [3.8, 4) is 5.13 Å². The van der Waals surface area contributed by atoms with E-state index in [-0.39, 0.29) is 18.1 Å². The van der Waals surface area contributed by atoms with E-state index in [1.165, 1.54) is 35.6 Å². The van der Waals surface area contributed by atoms with Crippen LogP contribution in [0, 0.1) is 19.7 Å². The SMILES string of the molecule is Cc1nn(-c2nc(CC(=O)Nc3ccc(F)cc3)cs2)c(C)c1Cl. The fourth-order valence-electron chi connectivity index (χ4n) is 2.19. The van der Waals surface area contributed by atoms with E-state index in [2.05, 4.69) is 15.4 Å². The van der Waals surface area contributed by atoms with Gasteiger partial charge in [0.05, 0.1) is 28.5 Å². The number of aryl methyl sites for hydroxylation is 1. The minimum Gasteiger partial charge on any atom is -0.326 e. The van der Waals surface area contributed by atoms with Crippen LogP contribution in [0.5, 0.6) is 0 Å². The van der Waals surface area contributed by atoms with Gasteiger partial charge in [0.25, 0.3) is 0 Å². The summed E-state index contributed by atoms with van der Waals surface area (Å²) in [5.74, 6) is -0.564. The first-order valence-electron chi connectivity index (χ1n) is 7.16. The quantitative estimate of drug-likeness (QED) is 0.763. The van der Waals surface area contributed by atoms with E-state index in [4.69, 9.17) is 11.6 Å². The van der Waals surface area contributed by atoms with Gasteiger partial charge in [-0.05, 0) is 38.1 Å². The van der Waals surface area contributed by atoms with E-state index in [0.29, 0.717) is 21.5 Å². The predicted octanol–water partition coefficient (Wildman–Crippen LogP) is 3.92. The zero-order chi connectivity index (χ0) is 17.3. The molecule has 2 aromatic heterocycles. The molecule has 0 bridgehead atoms. The molecule has 1 N–H and O–H groups in total. The molecule has 0 saturated heterocycles. The van der Waals surface area contributed by atoms with Crippen LogP contribution in [0.15, 0.2) is 29.6 Å². The summed E-state index contributed by atoms with van der Waals surface area (Å²) >= 11 is 7.53. The van der Waals surface area contributed by atoms with Crippen molar-refractivity contribution < 1.29 is 9.18 Å². The highest BCUT2D eigenvalue weighted by Gasteiger charge is 2.14. The summed E-state index contributed by atoms with van der Waals surface area (Å²) in [5.41, 5.74) is 2.73. The van der Waals surface area contributed by atoms with E-state index in [1.807, 2.05) is 19.2 Å². The van der Waals surface area contributed by atoms with Crippen molar-refractivity contribution in [2.75, 3.05) is 5.32 Å².